The van der Waals surface area contributed by atoms with Crippen LogP contribution in [0, 0.1) is 5.92 Å². The Hall–Kier alpha value is -1.88. The van der Waals surface area contributed by atoms with Gasteiger partial charge in [-0.1, -0.05) is 38.0 Å². The number of thiophene rings is 1. The summed E-state index contributed by atoms with van der Waals surface area (Å²) >= 11 is 1.39. The van der Waals surface area contributed by atoms with E-state index in [9.17, 15) is 9.59 Å². The third kappa shape index (κ3) is 3.78. The van der Waals surface area contributed by atoms with Crippen LogP contribution in [0.1, 0.15) is 49.2 Å². The van der Waals surface area contributed by atoms with Crippen LogP contribution in [-0.2, 0) is 9.53 Å². The summed E-state index contributed by atoms with van der Waals surface area (Å²) in [5.74, 6) is -0.160. The molecule has 1 aromatic carbocycles. The van der Waals surface area contributed by atoms with E-state index in [1.54, 1.807) is 6.92 Å². The number of esters is 1. The molecule has 5 heteroatoms. The van der Waals surface area contributed by atoms with Crippen molar-refractivity contribution in [1.29, 1.82) is 0 Å². The Morgan fingerprint density at radius 2 is 2.00 bits per heavy atom. The fourth-order valence-electron chi connectivity index (χ4n) is 3.19. The predicted octanol–water partition coefficient (Wildman–Crippen LogP) is 4.14. The lowest BCUT2D eigenvalue weighted by atomic mass is 9.86. The molecule has 1 saturated carbocycles. The van der Waals surface area contributed by atoms with Crippen LogP contribution in [0.25, 0.3) is 10.1 Å². The zero-order chi connectivity index (χ0) is 17.1. The average Bonchev–Trinajstić information content (AvgIpc) is 3.01. The van der Waals surface area contributed by atoms with E-state index in [1.165, 1.54) is 17.8 Å². The van der Waals surface area contributed by atoms with Gasteiger partial charge in [-0.25, -0.2) is 4.79 Å². The molecule has 24 heavy (non-hydrogen) atoms. The van der Waals surface area contributed by atoms with Gasteiger partial charge in [0.1, 0.15) is 4.88 Å². The first-order valence-corrected chi connectivity index (χ1v) is 9.36. The third-order valence-corrected chi connectivity index (χ3v) is 5.82. The highest BCUT2D eigenvalue weighted by molar-refractivity contribution is 7.20. The molecule has 1 N–H and O–H groups in total. The first-order chi connectivity index (χ1) is 11.5. The molecule has 4 nitrogen and oxygen atoms in total. The summed E-state index contributed by atoms with van der Waals surface area (Å²) in [6.07, 6.45) is 3.73. The number of fused-ring (bicyclic) bond motifs is 1. The van der Waals surface area contributed by atoms with Gasteiger partial charge in [-0.05, 0) is 43.2 Å². The fourth-order valence-corrected chi connectivity index (χ4v) is 4.13. The maximum absolute atomic E-state index is 12.3. The van der Waals surface area contributed by atoms with E-state index in [-0.39, 0.29) is 11.9 Å². The van der Waals surface area contributed by atoms with E-state index in [0.717, 1.165) is 29.3 Å². The van der Waals surface area contributed by atoms with Crippen LogP contribution in [0.5, 0.6) is 0 Å². The Balaban J connectivity index is 1.59. The van der Waals surface area contributed by atoms with Gasteiger partial charge in [0.25, 0.3) is 5.91 Å². The Kier molecular flexibility index (Phi) is 5.19. The lowest BCUT2D eigenvalue weighted by Crippen LogP contribution is -2.45. The van der Waals surface area contributed by atoms with Crippen molar-refractivity contribution in [2.75, 3.05) is 0 Å². The summed E-state index contributed by atoms with van der Waals surface area (Å²) in [4.78, 5) is 25.1. The fraction of sp³-hybridized carbons (Fsp3) is 0.474. The molecule has 1 aromatic heterocycles. The minimum atomic E-state index is -0.781. The number of nitrogens with one attached hydrogen (secondary N) is 1. The smallest absolute Gasteiger partial charge is 0.349 e. The van der Waals surface area contributed by atoms with Gasteiger partial charge < -0.3 is 10.1 Å². The second-order valence-electron chi connectivity index (χ2n) is 6.57. The van der Waals surface area contributed by atoms with Gasteiger partial charge in [0, 0.05) is 10.7 Å². The largest absolute Gasteiger partial charge is 0.448 e. The molecule has 128 valence electrons. The molecule has 1 amide bonds. The van der Waals surface area contributed by atoms with Gasteiger partial charge in [-0.3, -0.25) is 4.79 Å². The maximum atomic E-state index is 12.3. The minimum absolute atomic E-state index is 0.191. The minimum Gasteiger partial charge on any atom is -0.448 e. The molecular formula is C19H23NO3S. The lowest BCUT2D eigenvalue weighted by Gasteiger charge is -2.30. The van der Waals surface area contributed by atoms with E-state index in [1.807, 2.05) is 30.3 Å². The Labute approximate surface area is 146 Å². The van der Waals surface area contributed by atoms with Crippen LogP contribution in [0.2, 0.25) is 0 Å². The van der Waals surface area contributed by atoms with Crippen LogP contribution < -0.4 is 5.32 Å². The van der Waals surface area contributed by atoms with Crippen LogP contribution in [0.3, 0.4) is 0 Å². The van der Waals surface area contributed by atoms with Crippen LogP contribution in [-0.4, -0.2) is 24.0 Å². The number of hydrogen-bond acceptors (Lipinski definition) is 4. The van der Waals surface area contributed by atoms with Crippen LogP contribution >= 0.6 is 11.3 Å². The highest BCUT2D eigenvalue weighted by Gasteiger charge is 2.26. The molecule has 1 heterocycles. The van der Waals surface area contributed by atoms with Gasteiger partial charge in [0.2, 0.25) is 0 Å². The van der Waals surface area contributed by atoms with Gasteiger partial charge in [0.05, 0.1) is 0 Å². The second-order valence-corrected chi connectivity index (χ2v) is 7.66. The van der Waals surface area contributed by atoms with E-state index < -0.39 is 12.1 Å². The third-order valence-electron chi connectivity index (χ3n) is 4.72. The Bertz CT molecular complexity index is 706. The first kappa shape index (κ1) is 17.0. The number of ether oxygens (including phenoxy) is 1. The zero-order valence-electron chi connectivity index (χ0n) is 14.1. The van der Waals surface area contributed by atoms with Crippen LogP contribution in [0.15, 0.2) is 30.3 Å². The summed E-state index contributed by atoms with van der Waals surface area (Å²) in [7, 11) is 0. The number of benzene rings is 1. The number of carbonyl (C=O) groups is 2. The molecule has 1 aliphatic carbocycles. The predicted molar refractivity (Wildman–Crippen MR) is 96.3 cm³/mol. The molecular weight excluding hydrogens is 322 g/mol. The molecule has 1 aliphatic rings. The second kappa shape index (κ2) is 7.34. The van der Waals surface area contributed by atoms with E-state index in [4.69, 9.17) is 4.74 Å². The number of amides is 1. The molecule has 0 aliphatic heterocycles. The maximum Gasteiger partial charge on any atom is 0.349 e. The van der Waals surface area contributed by atoms with Crippen molar-refractivity contribution in [3.8, 4) is 0 Å². The van der Waals surface area contributed by atoms with Gasteiger partial charge in [-0.15, -0.1) is 11.3 Å². The molecule has 3 rings (SSSR count). The Morgan fingerprint density at radius 3 is 2.75 bits per heavy atom. The van der Waals surface area contributed by atoms with Crippen molar-refractivity contribution in [2.24, 2.45) is 5.92 Å². The van der Waals surface area contributed by atoms with Crippen molar-refractivity contribution >= 4 is 33.3 Å². The number of rotatable bonds is 4. The van der Waals surface area contributed by atoms with E-state index >= 15 is 0 Å². The van der Waals surface area contributed by atoms with Crippen molar-refractivity contribution < 1.29 is 14.3 Å². The van der Waals surface area contributed by atoms with E-state index in [2.05, 4.69) is 12.2 Å². The highest BCUT2D eigenvalue weighted by atomic mass is 32.1. The first-order valence-electron chi connectivity index (χ1n) is 8.54. The normalized spacial score (nSPS) is 22.1. The number of carbonyl (C=O) groups excluding carboxylic acids is 2. The molecule has 0 unspecified atom stereocenters. The summed E-state index contributed by atoms with van der Waals surface area (Å²) in [5.41, 5.74) is 0. The van der Waals surface area contributed by atoms with Crippen LogP contribution in [0.4, 0.5) is 0 Å². The highest BCUT2D eigenvalue weighted by Crippen LogP contribution is 2.26. The van der Waals surface area contributed by atoms with Gasteiger partial charge >= 0.3 is 5.97 Å². The van der Waals surface area contributed by atoms with Gasteiger partial charge in [-0.2, -0.15) is 0 Å². The van der Waals surface area contributed by atoms with Gasteiger partial charge in [0.15, 0.2) is 6.10 Å². The standard InChI is InChI=1S/C19H23NO3S/c1-12-7-3-5-9-15(12)20-18(21)13(2)23-19(22)17-11-14-8-4-6-10-16(14)24-17/h4,6,8,10-13,15H,3,5,7,9H2,1-2H3,(H,20,21)/t12-,13+,15+/m0/s1. The van der Waals surface area contributed by atoms with Crippen molar-refractivity contribution in [3.63, 3.8) is 0 Å². The molecule has 2 aromatic rings. The zero-order valence-corrected chi connectivity index (χ0v) is 14.9. The Morgan fingerprint density at radius 1 is 1.25 bits per heavy atom. The SMILES string of the molecule is C[C@@H](OC(=O)c1cc2ccccc2s1)C(=O)N[C@@H]1CCCC[C@@H]1C. The average molecular weight is 345 g/mol. The molecule has 0 saturated heterocycles. The molecule has 0 spiro atoms. The van der Waals surface area contributed by atoms with E-state index in [0.29, 0.717) is 10.8 Å². The summed E-state index contributed by atoms with van der Waals surface area (Å²) in [6, 6.07) is 9.81. The molecule has 0 radical (unpaired) electrons. The summed E-state index contributed by atoms with van der Waals surface area (Å²) < 4.78 is 6.40. The summed E-state index contributed by atoms with van der Waals surface area (Å²) in [6.45, 7) is 3.80. The molecule has 0 bridgehead atoms. The van der Waals surface area contributed by atoms with Crippen molar-refractivity contribution in [2.45, 2.75) is 51.7 Å². The monoisotopic (exact) mass is 345 g/mol. The molecule has 3 atom stereocenters. The van der Waals surface area contributed by atoms with Crippen molar-refractivity contribution in [3.05, 3.63) is 35.2 Å². The quantitative estimate of drug-likeness (QED) is 0.847. The molecule has 1 fully saturated rings. The lowest BCUT2D eigenvalue weighted by molar-refractivity contribution is -0.130. The number of hydrogen-bond donors (Lipinski definition) is 1. The summed E-state index contributed by atoms with van der Waals surface area (Å²) in [5, 5.41) is 4.06. The van der Waals surface area contributed by atoms with Crippen molar-refractivity contribution in [1.82, 2.24) is 5.32 Å². The topological polar surface area (TPSA) is 55.4 Å².